The number of ether oxygens (including phenoxy) is 1. The highest BCUT2D eigenvalue weighted by Crippen LogP contribution is 2.36. The van der Waals surface area contributed by atoms with Gasteiger partial charge in [0, 0.05) is 5.02 Å². The summed E-state index contributed by atoms with van der Waals surface area (Å²) < 4.78 is 7.16. The minimum Gasteiger partial charge on any atom is -0.479 e. The number of rotatable bonds is 1. The first-order valence-corrected chi connectivity index (χ1v) is 7.54. The summed E-state index contributed by atoms with van der Waals surface area (Å²) in [5.41, 5.74) is 1.97. The molecule has 1 aliphatic rings. The maximum atomic E-state index is 6.03. The fraction of sp³-hybridized carbons (Fsp3) is 0.133. The van der Waals surface area contributed by atoms with Crippen molar-refractivity contribution < 1.29 is 4.74 Å². The Bertz CT molecular complexity index is 786. The van der Waals surface area contributed by atoms with Crippen LogP contribution in [0, 0.1) is 0 Å². The van der Waals surface area contributed by atoms with Gasteiger partial charge in [0.1, 0.15) is 10.8 Å². The van der Waals surface area contributed by atoms with Gasteiger partial charge in [0.2, 0.25) is 0 Å². The molecule has 0 aliphatic carbocycles. The number of thiazole rings is 1. The summed E-state index contributed by atoms with van der Waals surface area (Å²) in [4.78, 5) is 4.64. The number of fused-ring (bicyclic) bond motifs is 2. The Hall–Kier alpha value is -1.78. The van der Waals surface area contributed by atoms with E-state index in [2.05, 4.69) is 10.3 Å². The van der Waals surface area contributed by atoms with Crippen LogP contribution in [0.2, 0.25) is 5.02 Å². The number of aromatic nitrogens is 1. The van der Waals surface area contributed by atoms with Gasteiger partial charge in [-0.15, -0.1) is 11.3 Å². The van der Waals surface area contributed by atoms with Crippen LogP contribution in [0.3, 0.4) is 0 Å². The lowest BCUT2D eigenvalue weighted by molar-refractivity contribution is 0.210. The van der Waals surface area contributed by atoms with Gasteiger partial charge < -0.3 is 10.1 Å². The number of halogens is 1. The molecule has 0 spiro atoms. The van der Waals surface area contributed by atoms with Crippen LogP contribution in [0.4, 0.5) is 5.69 Å². The normalized spacial score (nSPS) is 17.4. The second-order valence-corrected chi connectivity index (χ2v) is 6.15. The zero-order chi connectivity index (χ0) is 13.5. The molecule has 1 atom stereocenters. The highest BCUT2D eigenvalue weighted by atomic mass is 35.5. The van der Waals surface area contributed by atoms with Gasteiger partial charge in [-0.3, -0.25) is 0 Å². The number of para-hydroxylation sites is 2. The van der Waals surface area contributed by atoms with Gasteiger partial charge in [-0.1, -0.05) is 23.7 Å². The molecule has 3 aromatic rings. The Morgan fingerprint density at radius 2 is 2.15 bits per heavy atom. The SMILES string of the molecule is Clc1ccc2sc(C3CNc4ccccc4O3)nc2c1. The van der Waals surface area contributed by atoms with Crippen molar-refractivity contribution in [3.63, 3.8) is 0 Å². The lowest BCUT2D eigenvalue weighted by atomic mass is 10.2. The predicted molar refractivity (Wildman–Crippen MR) is 82.9 cm³/mol. The molecule has 4 rings (SSSR count). The molecule has 0 bridgehead atoms. The molecule has 0 saturated heterocycles. The lowest BCUT2D eigenvalue weighted by Gasteiger charge is -2.25. The molecule has 0 radical (unpaired) electrons. The molecule has 0 amide bonds. The van der Waals surface area contributed by atoms with E-state index in [0.29, 0.717) is 5.02 Å². The maximum absolute atomic E-state index is 6.03. The number of nitrogens with one attached hydrogen (secondary N) is 1. The highest BCUT2D eigenvalue weighted by molar-refractivity contribution is 7.18. The second-order valence-electron chi connectivity index (χ2n) is 4.65. The minimum atomic E-state index is -0.0546. The maximum Gasteiger partial charge on any atom is 0.167 e. The molecule has 0 saturated carbocycles. The molecule has 5 heteroatoms. The average Bonchev–Trinajstić information content (AvgIpc) is 2.89. The number of nitrogens with zero attached hydrogens (tertiary/aromatic N) is 1. The van der Waals surface area contributed by atoms with Gasteiger partial charge in [-0.05, 0) is 30.3 Å². The van der Waals surface area contributed by atoms with Crippen LogP contribution < -0.4 is 10.1 Å². The first-order valence-electron chi connectivity index (χ1n) is 6.35. The van der Waals surface area contributed by atoms with Crippen molar-refractivity contribution in [3.8, 4) is 5.75 Å². The largest absolute Gasteiger partial charge is 0.479 e. The molecule has 100 valence electrons. The first-order chi connectivity index (χ1) is 9.79. The fourth-order valence-corrected chi connectivity index (χ4v) is 3.45. The topological polar surface area (TPSA) is 34.1 Å². The molecule has 1 aromatic heterocycles. The van der Waals surface area contributed by atoms with Gasteiger partial charge in [-0.25, -0.2) is 4.98 Å². The van der Waals surface area contributed by atoms with Gasteiger partial charge in [0.25, 0.3) is 0 Å². The van der Waals surface area contributed by atoms with Gasteiger partial charge in [0.05, 0.1) is 22.4 Å². The van der Waals surface area contributed by atoms with E-state index in [-0.39, 0.29) is 6.10 Å². The standard InChI is InChI=1S/C15H11ClN2OS/c16-9-5-6-14-11(7-9)18-15(20-14)13-8-17-10-3-1-2-4-12(10)19-13/h1-7,13,17H,8H2. The van der Waals surface area contributed by atoms with Crippen molar-refractivity contribution in [2.45, 2.75) is 6.10 Å². The third-order valence-electron chi connectivity index (χ3n) is 3.28. The van der Waals surface area contributed by atoms with Crippen LogP contribution in [0.5, 0.6) is 5.75 Å². The van der Waals surface area contributed by atoms with Crippen LogP contribution >= 0.6 is 22.9 Å². The number of hydrogen-bond acceptors (Lipinski definition) is 4. The summed E-state index contributed by atoms with van der Waals surface area (Å²) in [6, 6.07) is 13.7. The second kappa shape index (κ2) is 4.65. The van der Waals surface area contributed by atoms with E-state index in [1.54, 1.807) is 11.3 Å². The summed E-state index contributed by atoms with van der Waals surface area (Å²) in [5.74, 6) is 0.876. The third-order valence-corrected chi connectivity index (χ3v) is 4.64. The van der Waals surface area contributed by atoms with Crippen molar-refractivity contribution in [1.29, 1.82) is 0 Å². The summed E-state index contributed by atoms with van der Waals surface area (Å²) in [6.45, 7) is 0.727. The molecule has 1 aliphatic heterocycles. The molecule has 20 heavy (non-hydrogen) atoms. The van der Waals surface area contributed by atoms with E-state index in [4.69, 9.17) is 16.3 Å². The molecule has 3 nitrogen and oxygen atoms in total. The highest BCUT2D eigenvalue weighted by Gasteiger charge is 2.23. The molecule has 2 aromatic carbocycles. The molecular weight excluding hydrogens is 292 g/mol. The Morgan fingerprint density at radius 1 is 1.25 bits per heavy atom. The van der Waals surface area contributed by atoms with Gasteiger partial charge in [-0.2, -0.15) is 0 Å². The van der Waals surface area contributed by atoms with Crippen molar-refractivity contribution >= 4 is 38.8 Å². The van der Waals surface area contributed by atoms with E-state index in [9.17, 15) is 0 Å². The van der Waals surface area contributed by atoms with Crippen LogP contribution in [-0.2, 0) is 0 Å². The van der Waals surface area contributed by atoms with Crippen LogP contribution in [0.1, 0.15) is 11.1 Å². The minimum absolute atomic E-state index is 0.0546. The number of anilines is 1. The van der Waals surface area contributed by atoms with Crippen LogP contribution in [-0.4, -0.2) is 11.5 Å². The van der Waals surface area contributed by atoms with Crippen molar-refractivity contribution in [2.24, 2.45) is 0 Å². The van der Waals surface area contributed by atoms with Gasteiger partial charge >= 0.3 is 0 Å². The Balaban J connectivity index is 1.70. The molecule has 2 heterocycles. The summed E-state index contributed by atoms with van der Waals surface area (Å²) in [7, 11) is 0. The Kier molecular flexibility index (Phi) is 2.79. The monoisotopic (exact) mass is 302 g/mol. The van der Waals surface area contributed by atoms with E-state index >= 15 is 0 Å². The van der Waals surface area contributed by atoms with E-state index in [1.807, 2.05) is 42.5 Å². The fourth-order valence-electron chi connectivity index (χ4n) is 2.31. The van der Waals surface area contributed by atoms with Crippen molar-refractivity contribution in [2.75, 3.05) is 11.9 Å². The zero-order valence-corrected chi connectivity index (χ0v) is 12.0. The van der Waals surface area contributed by atoms with E-state index in [1.165, 1.54) is 0 Å². The van der Waals surface area contributed by atoms with Crippen LogP contribution in [0.25, 0.3) is 10.2 Å². The summed E-state index contributed by atoms with van der Waals surface area (Å²) >= 11 is 7.65. The molecule has 1 N–H and O–H groups in total. The summed E-state index contributed by atoms with van der Waals surface area (Å²) in [5, 5.41) is 5.07. The third kappa shape index (κ3) is 2.01. The first kappa shape index (κ1) is 12.0. The Labute approximate surface area is 125 Å². The predicted octanol–water partition coefficient (Wildman–Crippen LogP) is 4.50. The van der Waals surface area contributed by atoms with Crippen molar-refractivity contribution in [3.05, 3.63) is 52.5 Å². The van der Waals surface area contributed by atoms with Crippen molar-refractivity contribution in [1.82, 2.24) is 4.98 Å². The van der Waals surface area contributed by atoms with Gasteiger partial charge in [0.15, 0.2) is 6.10 Å². The van der Waals surface area contributed by atoms with Crippen LogP contribution in [0.15, 0.2) is 42.5 Å². The lowest BCUT2D eigenvalue weighted by Crippen LogP contribution is -2.23. The summed E-state index contributed by atoms with van der Waals surface area (Å²) in [6.07, 6.45) is -0.0546. The number of benzene rings is 2. The quantitative estimate of drug-likeness (QED) is 0.719. The smallest absolute Gasteiger partial charge is 0.167 e. The molecule has 1 unspecified atom stereocenters. The average molecular weight is 303 g/mol. The Morgan fingerprint density at radius 3 is 3.10 bits per heavy atom. The molecule has 0 fully saturated rings. The zero-order valence-electron chi connectivity index (χ0n) is 10.5. The van der Waals surface area contributed by atoms with E-state index < -0.39 is 0 Å². The van der Waals surface area contributed by atoms with E-state index in [0.717, 1.165) is 33.2 Å². The number of hydrogen-bond donors (Lipinski definition) is 1. The molecular formula is C15H11ClN2OS.